The molecule has 1 atom stereocenters. The first kappa shape index (κ1) is 18.2. The summed E-state index contributed by atoms with van der Waals surface area (Å²) in [5.41, 5.74) is 1.81. The van der Waals surface area contributed by atoms with E-state index in [1.807, 2.05) is 26.8 Å². The van der Waals surface area contributed by atoms with Gasteiger partial charge in [-0.25, -0.2) is 9.97 Å². The van der Waals surface area contributed by atoms with Crippen molar-refractivity contribution in [2.24, 2.45) is 0 Å². The highest BCUT2D eigenvalue weighted by atomic mass is 32.2. The summed E-state index contributed by atoms with van der Waals surface area (Å²) in [5.74, 6) is 0.838. The first-order chi connectivity index (χ1) is 11.0. The molecule has 23 heavy (non-hydrogen) atoms. The SMILES string of the molecule is CCSc1nnc(NC(=O)C(CC)Sc2nc(C)cc(C)n2)s1. The minimum absolute atomic E-state index is 0.0931. The number of nitrogens with zero attached hydrogens (tertiary/aromatic N) is 4. The summed E-state index contributed by atoms with van der Waals surface area (Å²) < 4.78 is 0.862. The van der Waals surface area contributed by atoms with Gasteiger partial charge in [0.05, 0.1) is 5.25 Å². The monoisotopic (exact) mass is 369 g/mol. The number of carbonyl (C=O) groups is 1. The molecule has 6 nitrogen and oxygen atoms in total. The highest BCUT2D eigenvalue weighted by molar-refractivity contribution is 8.01. The number of anilines is 1. The molecule has 2 aromatic rings. The van der Waals surface area contributed by atoms with Crippen molar-refractivity contribution in [1.29, 1.82) is 0 Å². The fourth-order valence-electron chi connectivity index (χ4n) is 1.82. The van der Waals surface area contributed by atoms with E-state index >= 15 is 0 Å². The van der Waals surface area contributed by atoms with E-state index in [1.54, 1.807) is 11.8 Å². The van der Waals surface area contributed by atoms with Crippen molar-refractivity contribution in [1.82, 2.24) is 20.2 Å². The molecule has 0 aliphatic heterocycles. The molecular formula is C14H19N5OS3. The molecule has 0 aliphatic rings. The van der Waals surface area contributed by atoms with Gasteiger partial charge < -0.3 is 0 Å². The van der Waals surface area contributed by atoms with Gasteiger partial charge in [0.2, 0.25) is 11.0 Å². The molecule has 0 aliphatic carbocycles. The molecule has 1 N–H and O–H groups in total. The summed E-state index contributed by atoms with van der Waals surface area (Å²) in [6.07, 6.45) is 0.683. The van der Waals surface area contributed by atoms with Crippen LogP contribution in [0.2, 0.25) is 0 Å². The molecule has 0 saturated heterocycles. The fraction of sp³-hybridized carbons (Fsp3) is 0.500. The molecule has 0 spiro atoms. The van der Waals surface area contributed by atoms with Crippen LogP contribution >= 0.6 is 34.9 Å². The Morgan fingerprint density at radius 3 is 2.57 bits per heavy atom. The molecule has 0 aromatic carbocycles. The summed E-state index contributed by atoms with van der Waals surface area (Å²) >= 11 is 4.38. The zero-order valence-corrected chi connectivity index (χ0v) is 15.9. The third kappa shape index (κ3) is 5.43. The van der Waals surface area contributed by atoms with Crippen molar-refractivity contribution in [3.8, 4) is 0 Å². The Morgan fingerprint density at radius 1 is 1.26 bits per heavy atom. The molecule has 0 bridgehead atoms. The Bertz CT molecular complexity index is 656. The van der Waals surface area contributed by atoms with Gasteiger partial charge in [0.25, 0.3) is 0 Å². The van der Waals surface area contributed by atoms with E-state index in [4.69, 9.17) is 0 Å². The first-order valence-electron chi connectivity index (χ1n) is 7.28. The first-order valence-corrected chi connectivity index (χ1v) is 9.96. The van der Waals surface area contributed by atoms with E-state index in [2.05, 4.69) is 32.4 Å². The van der Waals surface area contributed by atoms with E-state index in [0.29, 0.717) is 16.7 Å². The number of aromatic nitrogens is 4. The van der Waals surface area contributed by atoms with Crippen LogP contribution in [0.3, 0.4) is 0 Å². The van der Waals surface area contributed by atoms with Crippen LogP contribution in [0.1, 0.15) is 31.7 Å². The van der Waals surface area contributed by atoms with Gasteiger partial charge in [-0.15, -0.1) is 10.2 Å². The average Bonchev–Trinajstić information content (AvgIpc) is 2.91. The molecule has 2 aromatic heterocycles. The van der Waals surface area contributed by atoms with E-state index in [-0.39, 0.29) is 11.2 Å². The number of aryl methyl sites for hydroxylation is 2. The van der Waals surface area contributed by atoms with Gasteiger partial charge in [0.15, 0.2) is 9.50 Å². The third-order valence-corrected chi connectivity index (χ3v) is 5.86. The Kier molecular flexibility index (Phi) is 6.79. The molecule has 0 fully saturated rings. The molecule has 2 rings (SSSR count). The molecule has 2 heterocycles. The van der Waals surface area contributed by atoms with Crippen LogP contribution in [-0.4, -0.2) is 37.1 Å². The van der Waals surface area contributed by atoms with Crippen LogP contribution in [0.5, 0.6) is 0 Å². The summed E-state index contributed by atoms with van der Waals surface area (Å²) in [7, 11) is 0. The van der Waals surface area contributed by atoms with Crippen LogP contribution < -0.4 is 5.32 Å². The van der Waals surface area contributed by atoms with Crippen LogP contribution in [0.25, 0.3) is 0 Å². The highest BCUT2D eigenvalue weighted by Crippen LogP contribution is 2.27. The Hall–Kier alpha value is -1.19. The van der Waals surface area contributed by atoms with Crippen molar-refractivity contribution in [2.45, 2.75) is 48.9 Å². The second kappa shape index (κ2) is 8.60. The number of nitrogens with one attached hydrogen (secondary N) is 1. The van der Waals surface area contributed by atoms with Crippen molar-refractivity contribution >= 4 is 45.9 Å². The van der Waals surface area contributed by atoms with Crippen molar-refractivity contribution in [3.05, 3.63) is 17.5 Å². The smallest absolute Gasteiger partial charge is 0.239 e. The standard InChI is InChI=1S/C14H19N5OS3/c1-5-10(22-12-15-8(3)7-9(4)16-12)11(20)17-13-18-19-14(23-13)21-6-2/h7,10H,5-6H2,1-4H3,(H,17,18,20). The number of thioether (sulfide) groups is 2. The predicted octanol–water partition coefficient (Wildman–Crippen LogP) is 3.57. The third-order valence-electron chi connectivity index (χ3n) is 2.78. The van der Waals surface area contributed by atoms with Crippen molar-refractivity contribution in [3.63, 3.8) is 0 Å². The second-order valence-electron chi connectivity index (χ2n) is 4.74. The zero-order chi connectivity index (χ0) is 16.8. The fourth-order valence-corrected chi connectivity index (χ4v) is 4.46. The number of carbonyl (C=O) groups excluding carboxylic acids is 1. The van der Waals surface area contributed by atoms with E-state index < -0.39 is 0 Å². The number of hydrogen-bond donors (Lipinski definition) is 1. The topological polar surface area (TPSA) is 80.7 Å². The van der Waals surface area contributed by atoms with Gasteiger partial charge in [-0.2, -0.15) is 0 Å². The second-order valence-corrected chi connectivity index (χ2v) is 8.40. The van der Waals surface area contributed by atoms with Crippen molar-refractivity contribution in [2.75, 3.05) is 11.1 Å². The molecule has 1 amide bonds. The van der Waals surface area contributed by atoms with Gasteiger partial charge in [-0.05, 0) is 32.1 Å². The summed E-state index contributed by atoms with van der Waals surface area (Å²) in [4.78, 5) is 21.2. The molecule has 9 heteroatoms. The Labute approximate surface area is 148 Å². The lowest BCUT2D eigenvalue weighted by Gasteiger charge is -2.12. The molecular weight excluding hydrogens is 350 g/mol. The van der Waals surface area contributed by atoms with Crippen LogP contribution in [0.4, 0.5) is 5.13 Å². The van der Waals surface area contributed by atoms with Gasteiger partial charge in [-0.1, -0.05) is 48.7 Å². The van der Waals surface area contributed by atoms with Crippen LogP contribution in [0, 0.1) is 13.8 Å². The quantitative estimate of drug-likeness (QED) is 0.454. The van der Waals surface area contributed by atoms with Gasteiger partial charge >= 0.3 is 0 Å². The van der Waals surface area contributed by atoms with Gasteiger partial charge in [0, 0.05) is 11.4 Å². The van der Waals surface area contributed by atoms with Crippen molar-refractivity contribution < 1.29 is 4.79 Å². The van der Waals surface area contributed by atoms with Gasteiger partial charge in [0.1, 0.15) is 0 Å². The zero-order valence-electron chi connectivity index (χ0n) is 13.5. The minimum atomic E-state index is -0.262. The summed E-state index contributed by atoms with van der Waals surface area (Å²) in [5, 5.41) is 11.8. The highest BCUT2D eigenvalue weighted by Gasteiger charge is 2.21. The summed E-state index contributed by atoms with van der Waals surface area (Å²) in [6.45, 7) is 7.87. The van der Waals surface area contributed by atoms with Crippen LogP contribution in [-0.2, 0) is 4.79 Å². The molecule has 124 valence electrons. The number of rotatable bonds is 7. The minimum Gasteiger partial charge on any atom is -0.300 e. The maximum Gasteiger partial charge on any atom is 0.239 e. The number of hydrogen-bond acceptors (Lipinski definition) is 8. The predicted molar refractivity (Wildman–Crippen MR) is 96.4 cm³/mol. The van der Waals surface area contributed by atoms with Gasteiger partial charge in [-0.3, -0.25) is 10.1 Å². The lowest BCUT2D eigenvalue weighted by molar-refractivity contribution is -0.115. The molecule has 0 radical (unpaired) electrons. The Balaban J connectivity index is 2.02. The van der Waals surface area contributed by atoms with E-state index in [9.17, 15) is 4.79 Å². The summed E-state index contributed by atoms with van der Waals surface area (Å²) in [6, 6.07) is 1.92. The molecule has 0 saturated carbocycles. The maximum atomic E-state index is 12.4. The average molecular weight is 370 g/mol. The lowest BCUT2D eigenvalue weighted by atomic mass is 10.3. The largest absolute Gasteiger partial charge is 0.300 e. The number of amides is 1. The lowest BCUT2D eigenvalue weighted by Crippen LogP contribution is -2.24. The van der Waals surface area contributed by atoms with E-state index in [0.717, 1.165) is 21.5 Å². The molecule has 1 unspecified atom stereocenters. The normalized spacial score (nSPS) is 12.2. The maximum absolute atomic E-state index is 12.4. The van der Waals surface area contributed by atoms with E-state index in [1.165, 1.54) is 23.1 Å². The Morgan fingerprint density at radius 2 is 1.96 bits per heavy atom. The van der Waals surface area contributed by atoms with Crippen LogP contribution in [0.15, 0.2) is 15.6 Å².